The SMILES string of the molecule is CC1=C([Si](C)(C)C)C(CCc2ccccc2)OC1. The van der Waals surface area contributed by atoms with Gasteiger partial charge in [0.2, 0.25) is 0 Å². The van der Waals surface area contributed by atoms with Gasteiger partial charge in [0.1, 0.15) is 0 Å². The molecule has 1 aromatic carbocycles. The number of benzene rings is 1. The van der Waals surface area contributed by atoms with Crippen LogP contribution in [0.3, 0.4) is 0 Å². The van der Waals surface area contributed by atoms with E-state index >= 15 is 0 Å². The number of ether oxygens (including phenoxy) is 1. The van der Waals surface area contributed by atoms with Crippen molar-refractivity contribution in [2.45, 2.75) is 45.5 Å². The monoisotopic (exact) mass is 260 g/mol. The van der Waals surface area contributed by atoms with Gasteiger partial charge in [0, 0.05) is 0 Å². The minimum Gasteiger partial charge on any atom is -0.370 e. The van der Waals surface area contributed by atoms with Crippen LogP contribution in [0.4, 0.5) is 0 Å². The van der Waals surface area contributed by atoms with E-state index in [1.807, 2.05) is 0 Å². The molecule has 1 heterocycles. The first-order chi connectivity index (χ1) is 8.48. The molecular formula is C16H24OSi. The molecule has 1 aliphatic heterocycles. The Morgan fingerprint density at radius 1 is 1.17 bits per heavy atom. The Balaban J connectivity index is 2.03. The molecule has 0 aliphatic carbocycles. The number of aryl methyl sites for hydroxylation is 1. The van der Waals surface area contributed by atoms with Gasteiger partial charge in [-0.15, -0.1) is 0 Å². The van der Waals surface area contributed by atoms with Gasteiger partial charge >= 0.3 is 0 Å². The largest absolute Gasteiger partial charge is 0.370 e. The van der Waals surface area contributed by atoms with Crippen LogP contribution >= 0.6 is 0 Å². The lowest BCUT2D eigenvalue weighted by Gasteiger charge is -2.25. The smallest absolute Gasteiger partial charge is 0.0761 e. The molecule has 2 rings (SSSR count). The zero-order valence-electron chi connectivity index (χ0n) is 12.0. The maximum absolute atomic E-state index is 5.99. The second kappa shape index (κ2) is 5.41. The Morgan fingerprint density at radius 3 is 2.44 bits per heavy atom. The topological polar surface area (TPSA) is 9.23 Å². The molecule has 0 aromatic heterocycles. The fourth-order valence-electron chi connectivity index (χ4n) is 2.95. The molecule has 2 heteroatoms. The van der Waals surface area contributed by atoms with Gasteiger partial charge in [-0.2, -0.15) is 0 Å². The van der Waals surface area contributed by atoms with Gasteiger partial charge in [0.05, 0.1) is 20.8 Å². The number of hydrogen-bond acceptors (Lipinski definition) is 1. The number of rotatable bonds is 4. The van der Waals surface area contributed by atoms with Crippen molar-refractivity contribution in [3.05, 3.63) is 46.7 Å². The molecule has 1 aromatic rings. The van der Waals surface area contributed by atoms with E-state index < -0.39 is 8.07 Å². The predicted molar refractivity (Wildman–Crippen MR) is 80.5 cm³/mol. The van der Waals surface area contributed by atoms with E-state index in [-0.39, 0.29) is 0 Å². The third-order valence-corrected chi connectivity index (χ3v) is 5.99. The van der Waals surface area contributed by atoms with Crippen molar-refractivity contribution < 1.29 is 4.74 Å². The zero-order chi connectivity index (χ0) is 13.2. The summed E-state index contributed by atoms with van der Waals surface area (Å²) in [6.45, 7) is 10.4. The Labute approximate surface area is 112 Å². The summed E-state index contributed by atoms with van der Waals surface area (Å²) in [6.07, 6.45) is 2.62. The Bertz CT molecular complexity index is 428. The van der Waals surface area contributed by atoms with E-state index in [1.165, 1.54) is 11.1 Å². The maximum Gasteiger partial charge on any atom is 0.0761 e. The van der Waals surface area contributed by atoms with E-state index in [0.29, 0.717) is 6.10 Å². The van der Waals surface area contributed by atoms with Crippen LogP contribution in [-0.4, -0.2) is 20.8 Å². The minimum absolute atomic E-state index is 0.372. The van der Waals surface area contributed by atoms with Crippen molar-refractivity contribution in [3.8, 4) is 0 Å². The molecule has 0 radical (unpaired) electrons. The van der Waals surface area contributed by atoms with Gasteiger partial charge < -0.3 is 4.74 Å². The normalized spacial score (nSPS) is 20.6. The van der Waals surface area contributed by atoms with Gasteiger partial charge in [-0.1, -0.05) is 55.2 Å². The summed E-state index contributed by atoms with van der Waals surface area (Å²) in [5.41, 5.74) is 2.91. The molecule has 18 heavy (non-hydrogen) atoms. The second-order valence-corrected chi connectivity index (χ2v) is 11.3. The summed E-state index contributed by atoms with van der Waals surface area (Å²) >= 11 is 0. The second-order valence-electron chi connectivity index (χ2n) is 6.27. The first-order valence-electron chi connectivity index (χ1n) is 6.84. The summed E-state index contributed by atoms with van der Waals surface area (Å²) in [5.74, 6) is 0. The fraction of sp³-hybridized carbons (Fsp3) is 0.500. The van der Waals surface area contributed by atoms with Gasteiger partial charge in [-0.3, -0.25) is 0 Å². The highest BCUT2D eigenvalue weighted by Gasteiger charge is 2.33. The van der Waals surface area contributed by atoms with Crippen molar-refractivity contribution in [1.29, 1.82) is 0 Å². The van der Waals surface area contributed by atoms with E-state index in [0.717, 1.165) is 19.4 Å². The summed E-state index contributed by atoms with van der Waals surface area (Å²) in [6, 6.07) is 10.7. The van der Waals surface area contributed by atoms with E-state index in [4.69, 9.17) is 4.74 Å². The van der Waals surface area contributed by atoms with Gasteiger partial charge in [-0.25, -0.2) is 0 Å². The van der Waals surface area contributed by atoms with E-state index in [1.54, 1.807) is 5.20 Å². The van der Waals surface area contributed by atoms with Crippen molar-refractivity contribution in [2.75, 3.05) is 6.61 Å². The first-order valence-corrected chi connectivity index (χ1v) is 10.3. The highest BCUT2D eigenvalue weighted by molar-refractivity contribution is 6.83. The predicted octanol–water partition coefficient (Wildman–Crippen LogP) is 4.21. The van der Waals surface area contributed by atoms with Crippen LogP contribution in [0.2, 0.25) is 19.6 Å². The molecule has 0 saturated heterocycles. The van der Waals surface area contributed by atoms with Crippen LogP contribution in [0, 0.1) is 0 Å². The highest BCUT2D eigenvalue weighted by Crippen LogP contribution is 2.32. The van der Waals surface area contributed by atoms with Crippen LogP contribution < -0.4 is 0 Å². The lowest BCUT2D eigenvalue weighted by molar-refractivity contribution is 0.116. The van der Waals surface area contributed by atoms with Crippen LogP contribution in [-0.2, 0) is 11.2 Å². The summed E-state index contributed by atoms with van der Waals surface area (Å²) in [5, 5.41) is 1.65. The van der Waals surface area contributed by atoms with Gasteiger partial charge in [-0.05, 0) is 30.9 Å². The van der Waals surface area contributed by atoms with Crippen LogP contribution in [0.5, 0.6) is 0 Å². The molecule has 1 nitrogen and oxygen atoms in total. The summed E-state index contributed by atoms with van der Waals surface area (Å²) in [7, 11) is -1.23. The van der Waals surface area contributed by atoms with Crippen molar-refractivity contribution in [1.82, 2.24) is 0 Å². The first kappa shape index (κ1) is 13.6. The molecule has 0 N–H and O–H groups in total. The van der Waals surface area contributed by atoms with Crippen molar-refractivity contribution >= 4 is 8.07 Å². The van der Waals surface area contributed by atoms with Crippen LogP contribution in [0.15, 0.2) is 41.1 Å². The van der Waals surface area contributed by atoms with E-state index in [2.05, 4.69) is 56.9 Å². The van der Waals surface area contributed by atoms with Crippen LogP contribution in [0.1, 0.15) is 18.9 Å². The third-order valence-electron chi connectivity index (χ3n) is 3.63. The standard InChI is InChI=1S/C16H24OSi/c1-13-12-17-15(16(13)18(2,3)4)11-10-14-8-6-5-7-9-14/h5-9,15H,10-12H2,1-4H3. The van der Waals surface area contributed by atoms with Crippen molar-refractivity contribution in [3.63, 3.8) is 0 Å². The fourth-order valence-corrected chi connectivity index (χ4v) is 5.50. The average Bonchev–Trinajstić information content (AvgIpc) is 2.69. The van der Waals surface area contributed by atoms with Gasteiger partial charge in [0.25, 0.3) is 0 Å². The molecule has 0 spiro atoms. The van der Waals surface area contributed by atoms with Gasteiger partial charge in [0.15, 0.2) is 0 Å². The Morgan fingerprint density at radius 2 is 1.83 bits per heavy atom. The lowest BCUT2D eigenvalue weighted by Crippen LogP contribution is -2.31. The summed E-state index contributed by atoms with van der Waals surface area (Å²) in [4.78, 5) is 0. The minimum atomic E-state index is -1.23. The molecule has 0 amide bonds. The molecule has 0 saturated carbocycles. The molecule has 0 bridgehead atoms. The Hall–Kier alpha value is -0.863. The van der Waals surface area contributed by atoms with E-state index in [9.17, 15) is 0 Å². The molecular weight excluding hydrogens is 236 g/mol. The average molecular weight is 260 g/mol. The molecule has 98 valence electrons. The maximum atomic E-state index is 5.99. The summed E-state index contributed by atoms with van der Waals surface area (Å²) < 4.78 is 5.99. The third kappa shape index (κ3) is 3.12. The zero-order valence-corrected chi connectivity index (χ0v) is 13.0. The molecule has 0 fully saturated rings. The van der Waals surface area contributed by atoms with Crippen LogP contribution in [0.25, 0.3) is 0 Å². The molecule has 1 aliphatic rings. The number of hydrogen-bond donors (Lipinski definition) is 0. The Kier molecular flexibility index (Phi) is 4.08. The quantitative estimate of drug-likeness (QED) is 0.737. The lowest BCUT2D eigenvalue weighted by atomic mass is 10.1. The molecule has 1 unspecified atom stereocenters. The van der Waals surface area contributed by atoms with Crippen molar-refractivity contribution in [2.24, 2.45) is 0 Å². The highest BCUT2D eigenvalue weighted by atomic mass is 28.3. The molecule has 1 atom stereocenters.